The minimum Gasteiger partial charge on any atom is -0.507 e. The van der Waals surface area contributed by atoms with E-state index in [1.807, 2.05) is 37.8 Å². The molecular formula is C18H27BrN2O3. The molecule has 0 spiro atoms. The third-order valence-corrected chi connectivity index (χ3v) is 4.61. The first kappa shape index (κ1) is 19.1. The summed E-state index contributed by atoms with van der Waals surface area (Å²) < 4.78 is 6.22. The largest absolute Gasteiger partial charge is 0.507 e. The fraction of sp³-hybridized carbons (Fsp3) is 0.611. The minimum absolute atomic E-state index is 0.161. The predicted octanol–water partition coefficient (Wildman–Crippen LogP) is 4.03. The van der Waals surface area contributed by atoms with E-state index in [0.29, 0.717) is 11.0 Å². The average Bonchev–Trinajstić information content (AvgIpc) is 2.49. The van der Waals surface area contributed by atoms with Crippen molar-refractivity contribution in [3.05, 3.63) is 28.2 Å². The van der Waals surface area contributed by atoms with Crippen LogP contribution in [-0.4, -0.2) is 40.8 Å². The van der Waals surface area contributed by atoms with Gasteiger partial charge in [-0.1, -0.05) is 6.07 Å². The maximum absolute atomic E-state index is 12.4. The molecular weight excluding hydrogens is 372 g/mol. The quantitative estimate of drug-likeness (QED) is 0.803. The molecule has 0 radical (unpaired) electrons. The molecule has 1 fully saturated rings. The van der Waals surface area contributed by atoms with Crippen molar-refractivity contribution < 1.29 is 14.6 Å². The number of hydrogen-bond acceptors (Lipinski definition) is 4. The lowest BCUT2D eigenvalue weighted by atomic mass is 10.0. The first-order chi connectivity index (χ1) is 11.3. The zero-order valence-electron chi connectivity index (χ0n) is 14.6. The molecule has 0 aromatic heterocycles. The molecule has 0 aliphatic carbocycles. The van der Waals surface area contributed by atoms with Gasteiger partial charge >= 0.3 is 6.09 Å². The minimum atomic E-state index is -0.467. The first-order valence-electron chi connectivity index (χ1n) is 8.44. The summed E-state index contributed by atoms with van der Waals surface area (Å²) in [6, 6.07) is 5.62. The Morgan fingerprint density at radius 3 is 2.83 bits per heavy atom. The lowest BCUT2D eigenvalue weighted by molar-refractivity contribution is 0.00993. The molecule has 2 rings (SSSR count). The lowest BCUT2D eigenvalue weighted by Crippen LogP contribution is -2.50. The molecule has 1 heterocycles. The zero-order chi connectivity index (χ0) is 17.7. The highest BCUT2D eigenvalue weighted by Crippen LogP contribution is 2.24. The molecule has 1 saturated heterocycles. The summed E-state index contributed by atoms with van der Waals surface area (Å²) in [5.41, 5.74) is 0.615. The summed E-state index contributed by atoms with van der Waals surface area (Å²) in [5, 5.41) is 13.0. The molecule has 1 unspecified atom stereocenters. The van der Waals surface area contributed by atoms with Gasteiger partial charge in [-0.3, -0.25) is 0 Å². The van der Waals surface area contributed by atoms with Crippen molar-refractivity contribution >= 4 is 22.0 Å². The standard InChI is InChI=1S/C18H27BrN2O3/c1-18(2,3)24-17(23)21-9-5-4-6-14(21)12-20-11-13-7-8-16(22)15(19)10-13/h7-8,10,14,20,22H,4-6,9,11-12H2,1-3H3. The maximum atomic E-state index is 12.4. The summed E-state index contributed by atoms with van der Waals surface area (Å²) in [7, 11) is 0. The molecule has 134 valence electrons. The van der Waals surface area contributed by atoms with E-state index >= 15 is 0 Å². The van der Waals surface area contributed by atoms with Crippen molar-refractivity contribution in [3.8, 4) is 5.75 Å². The second kappa shape index (κ2) is 8.21. The van der Waals surface area contributed by atoms with Crippen LogP contribution in [0.5, 0.6) is 5.75 Å². The van der Waals surface area contributed by atoms with E-state index in [9.17, 15) is 9.90 Å². The van der Waals surface area contributed by atoms with Gasteiger partial charge < -0.3 is 20.1 Å². The normalized spacial score (nSPS) is 18.5. The number of phenols is 1. The molecule has 1 aromatic carbocycles. The molecule has 0 saturated carbocycles. The van der Waals surface area contributed by atoms with E-state index in [4.69, 9.17) is 4.74 Å². The molecule has 1 amide bonds. The number of nitrogens with one attached hydrogen (secondary N) is 1. The second-order valence-corrected chi connectivity index (χ2v) is 8.09. The van der Waals surface area contributed by atoms with Crippen molar-refractivity contribution in [2.45, 2.75) is 58.2 Å². The highest BCUT2D eigenvalue weighted by molar-refractivity contribution is 9.10. The van der Waals surface area contributed by atoms with Crippen LogP contribution in [0.2, 0.25) is 0 Å². The Bertz CT molecular complexity index is 572. The number of phenolic OH excluding ortho intramolecular Hbond substituents is 1. The third kappa shape index (κ3) is 5.67. The monoisotopic (exact) mass is 398 g/mol. The van der Waals surface area contributed by atoms with Crippen LogP contribution < -0.4 is 5.32 Å². The number of likely N-dealkylation sites (tertiary alicyclic amines) is 1. The number of carbonyl (C=O) groups excluding carboxylic acids is 1. The molecule has 1 aromatic rings. The van der Waals surface area contributed by atoms with Crippen LogP contribution in [0.3, 0.4) is 0 Å². The molecule has 2 N–H and O–H groups in total. The van der Waals surface area contributed by atoms with Crippen molar-refractivity contribution in [2.24, 2.45) is 0 Å². The van der Waals surface area contributed by atoms with E-state index in [0.717, 1.165) is 37.9 Å². The summed E-state index contributed by atoms with van der Waals surface area (Å²) >= 11 is 3.32. The van der Waals surface area contributed by atoms with Gasteiger partial charge in [-0.05, 0) is 73.7 Å². The lowest BCUT2D eigenvalue weighted by Gasteiger charge is -2.37. The number of rotatable bonds is 4. The van der Waals surface area contributed by atoms with Gasteiger partial charge in [-0.15, -0.1) is 0 Å². The van der Waals surface area contributed by atoms with Crippen LogP contribution >= 0.6 is 15.9 Å². The fourth-order valence-corrected chi connectivity index (χ4v) is 3.24. The van der Waals surface area contributed by atoms with Gasteiger partial charge in [0.1, 0.15) is 11.4 Å². The number of hydrogen-bond donors (Lipinski definition) is 2. The van der Waals surface area contributed by atoms with Crippen LogP contribution in [0.25, 0.3) is 0 Å². The highest BCUT2D eigenvalue weighted by Gasteiger charge is 2.30. The SMILES string of the molecule is CC(C)(C)OC(=O)N1CCCCC1CNCc1ccc(O)c(Br)c1. The topological polar surface area (TPSA) is 61.8 Å². The Morgan fingerprint density at radius 2 is 2.17 bits per heavy atom. The smallest absolute Gasteiger partial charge is 0.410 e. The molecule has 0 bridgehead atoms. The Balaban J connectivity index is 1.88. The first-order valence-corrected chi connectivity index (χ1v) is 9.23. The van der Waals surface area contributed by atoms with Crippen LogP contribution in [0.1, 0.15) is 45.6 Å². The second-order valence-electron chi connectivity index (χ2n) is 7.24. The average molecular weight is 399 g/mol. The molecule has 24 heavy (non-hydrogen) atoms. The van der Waals surface area contributed by atoms with Gasteiger partial charge in [-0.25, -0.2) is 4.79 Å². The van der Waals surface area contributed by atoms with Gasteiger partial charge in [-0.2, -0.15) is 0 Å². The number of aromatic hydroxyl groups is 1. The maximum Gasteiger partial charge on any atom is 0.410 e. The molecule has 6 heteroatoms. The summed E-state index contributed by atoms with van der Waals surface area (Å²) in [6.45, 7) is 7.86. The van der Waals surface area contributed by atoms with E-state index in [1.165, 1.54) is 0 Å². The van der Waals surface area contributed by atoms with Crippen molar-refractivity contribution in [1.29, 1.82) is 0 Å². The summed E-state index contributed by atoms with van der Waals surface area (Å²) in [5.74, 6) is 0.238. The Kier molecular flexibility index (Phi) is 6.52. The van der Waals surface area contributed by atoms with Crippen LogP contribution in [0.4, 0.5) is 4.79 Å². The van der Waals surface area contributed by atoms with Crippen molar-refractivity contribution in [3.63, 3.8) is 0 Å². The number of benzene rings is 1. The van der Waals surface area contributed by atoms with Gasteiger partial charge in [0, 0.05) is 25.7 Å². The highest BCUT2D eigenvalue weighted by atomic mass is 79.9. The number of halogens is 1. The number of piperidine rings is 1. The van der Waals surface area contributed by atoms with E-state index in [1.54, 1.807) is 6.07 Å². The van der Waals surface area contributed by atoms with Crippen molar-refractivity contribution in [1.82, 2.24) is 10.2 Å². The van der Waals surface area contributed by atoms with E-state index < -0.39 is 5.60 Å². The van der Waals surface area contributed by atoms with E-state index in [2.05, 4.69) is 21.2 Å². The number of nitrogens with zero attached hydrogens (tertiary/aromatic N) is 1. The molecule has 1 aliphatic heterocycles. The molecule has 5 nitrogen and oxygen atoms in total. The Labute approximate surface area is 152 Å². The van der Waals surface area contributed by atoms with Crippen LogP contribution in [0, 0.1) is 0 Å². The number of ether oxygens (including phenoxy) is 1. The van der Waals surface area contributed by atoms with Crippen LogP contribution in [0.15, 0.2) is 22.7 Å². The van der Waals surface area contributed by atoms with Gasteiger partial charge in [0.25, 0.3) is 0 Å². The van der Waals surface area contributed by atoms with Gasteiger partial charge in [0.15, 0.2) is 0 Å². The van der Waals surface area contributed by atoms with Crippen LogP contribution in [-0.2, 0) is 11.3 Å². The van der Waals surface area contributed by atoms with Crippen molar-refractivity contribution in [2.75, 3.05) is 13.1 Å². The number of amides is 1. The Morgan fingerprint density at radius 1 is 1.42 bits per heavy atom. The Hall–Kier alpha value is -1.27. The fourth-order valence-electron chi connectivity index (χ4n) is 2.82. The molecule has 1 atom stereocenters. The summed E-state index contributed by atoms with van der Waals surface area (Å²) in [4.78, 5) is 14.2. The van der Waals surface area contributed by atoms with Gasteiger partial charge in [0.2, 0.25) is 0 Å². The number of carbonyl (C=O) groups is 1. The predicted molar refractivity (Wildman–Crippen MR) is 98.1 cm³/mol. The molecule has 1 aliphatic rings. The third-order valence-electron chi connectivity index (χ3n) is 3.98. The summed E-state index contributed by atoms with van der Waals surface area (Å²) in [6.07, 6.45) is 2.93. The zero-order valence-corrected chi connectivity index (χ0v) is 16.2. The van der Waals surface area contributed by atoms with Gasteiger partial charge in [0.05, 0.1) is 4.47 Å². The van der Waals surface area contributed by atoms with E-state index in [-0.39, 0.29) is 17.9 Å².